The molecule has 3 heterocycles. The van der Waals surface area contributed by atoms with E-state index in [0.717, 1.165) is 12.2 Å². The highest BCUT2D eigenvalue weighted by molar-refractivity contribution is 5.17. The topological polar surface area (TPSA) is 34.1 Å². The van der Waals surface area contributed by atoms with E-state index < -0.39 is 0 Å². The summed E-state index contributed by atoms with van der Waals surface area (Å²) in [4.78, 5) is 4.04. The number of ether oxygens (including phenoxy) is 1. The molecule has 0 amide bonds. The van der Waals surface area contributed by atoms with Gasteiger partial charge in [0.25, 0.3) is 0 Å². The summed E-state index contributed by atoms with van der Waals surface area (Å²) >= 11 is 0. The van der Waals surface area contributed by atoms with Crippen molar-refractivity contribution in [3.05, 3.63) is 24.5 Å². The number of fused-ring (bicyclic) bond motifs is 2. The molecule has 2 bridgehead atoms. The maximum atomic E-state index is 5.88. The Hall–Kier alpha value is -1.09. The highest BCUT2D eigenvalue weighted by Crippen LogP contribution is 2.30. The third-order valence-electron chi connectivity index (χ3n) is 3.16. The average molecular weight is 190 g/mol. The molecule has 0 aliphatic carbocycles. The third-order valence-corrected chi connectivity index (χ3v) is 3.16. The summed E-state index contributed by atoms with van der Waals surface area (Å²) in [5.41, 5.74) is 0. The zero-order valence-corrected chi connectivity index (χ0v) is 8.02. The van der Waals surface area contributed by atoms with Gasteiger partial charge in [-0.2, -0.15) is 0 Å². The van der Waals surface area contributed by atoms with Crippen molar-refractivity contribution in [2.75, 3.05) is 0 Å². The molecule has 1 aromatic heterocycles. The van der Waals surface area contributed by atoms with Crippen molar-refractivity contribution in [3.8, 4) is 5.75 Å². The van der Waals surface area contributed by atoms with Gasteiger partial charge >= 0.3 is 0 Å². The number of nitrogens with zero attached hydrogens (tertiary/aromatic N) is 1. The highest BCUT2D eigenvalue weighted by atomic mass is 16.5. The van der Waals surface area contributed by atoms with Crippen molar-refractivity contribution in [1.82, 2.24) is 10.3 Å². The van der Waals surface area contributed by atoms with E-state index in [2.05, 4.69) is 10.3 Å². The zero-order chi connectivity index (χ0) is 9.38. The SMILES string of the molecule is c1cncc(O[C@H]2C[C@@H]3CC[C@H]2N3)c1. The van der Waals surface area contributed by atoms with Crippen LogP contribution in [-0.4, -0.2) is 23.2 Å². The van der Waals surface area contributed by atoms with Gasteiger partial charge in [0, 0.05) is 24.7 Å². The maximum absolute atomic E-state index is 5.88. The molecule has 2 fully saturated rings. The molecule has 0 unspecified atom stereocenters. The zero-order valence-electron chi connectivity index (χ0n) is 8.02. The number of hydrogen-bond donors (Lipinski definition) is 1. The third kappa shape index (κ3) is 1.38. The van der Waals surface area contributed by atoms with Gasteiger partial charge in [-0.15, -0.1) is 0 Å². The lowest BCUT2D eigenvalue weighted by Crippen LogP contribution is -2.31. The Balaban J connectivity index is 1.69. The molecule has 1 aromatic rings. The Morgan fingerprint density at radius 3 is 3.07 bits per heavy atom. The normalized spacial score (nSPS) is 34.7. The van der Waals surface area contributed by atoms with Gasteiger partial charge in [-0.1, -0.05) is 0 Å². The first-order valence-electron chi connectivity index (χ1n) is 5.24. The molecule has 1 N–H and O–H groups in total. The van der Waals surface area contributed by atoms with Crippen molar-refractivity contribution in [3.63, 3.8) is 0 Å². The van der Waals surface area contributed by atoms with E-state index in [0.29, 0.717) is 18.2 Å². The fourth-order valence-electron chi connectivity index (χ4n) is 2.50. The Morgan fingerprint density at radius 2 is 2.43 bits per heavy atom. The summed E-state index contributed by atoms with van der Waals surface area (Å²) in [6.07, 6.45) is 7.64. The van der Waals surface area contributed by atoms with Gasteiger partial charge in [-0.25, -0.2) is 0 Å². The van der Waals surface area contributed by atoms with Crippen LogP contribution in [0, 0.1) is 0 Å². The molecule has 3 rings (SSSR count). The molecule has 0 radical (unpaired) electrons. The largest absolute Gasteiger partial charge is 0.487 e. The predicted octanol–water partition coefficient (Wildman–Crippen LogP) is 1.35. The molecule has 74 valence electrons. The summed E-state index contributed by atoms with van der Waals surface area (Å²) in [6, 6.07) is 5.15. The van der Waals surface area contributed by atoms with Crippen molar-refractivity contribution >= 4 is 0 Å². The molecule has 14 heavy (non-hydrogen) atoms. The van der Waals surface area contributed by atoms with Gasteiger partial charge in [0.2, 0.25) is 0 Å². The first-order valence-corrected chi connectivity index (χ1v) is 5.24. The Bertz CT molecular complexity index is 314. The summed E-state index contributed by atoms with van der Waals surface area (Å²) in [7, 11) is 0. The van der Waals surface area contributed by atoms with E-state index in [1.807, 2.05) is 12.1 Å². The van der Waals surface area contributed by atoms with E-state index in [-0.39, 0.29) is 0 Å². The molecular weight excluding hydrogens is 176 g/mol. The number of nitrogens with one attached hydrogen (secondary N) is 1. The Kier molecular flexibility index (Phi) is 1.91. The molecule has 0 saturated carbocycles. The van der Waals surface area contributed by atoms with Gasteiger partial charge < -0.3 is 10.1 Å². The minimum Gasteiger partial charge on any atom is -0.487 e. The molecule has 0 aromatic carbocycles. The first-order chi connectivity index (χ1) is 6.92. The summed E-state index contributed by atoms with van der Waals surface area (Å²) < 4.78 is 5.88. The minimum absolute atomic E-state index is 0.359. The van der Waals surface area contributed by atoms with Crippen molar-refractivity contribution in [1.29, 1.82) is 0 Å². The molecule has 2 aliphatic heterocycles. The summed E-state index contributed by atoms with van der Waals surface area (Å²) in [5, 5.41) is 3.55. The number of hydrogen-bond acceptors (Lipinski definition) is 3. The first kappa shape index (κ1) is 8.24. The molecule has 2 aliphatic rings. The van der Waals surface area contributed by atoms with Crippen LogP contribution in [0.15, 0.2) is 24.5 Å². The van der Waals surface area contributed by atoms with Crippen LogP contribution >= 0.6 is 0 Å². The second-order valence-electron chi connectivity index (χ2n) is 4.13. The van der Waals surface area contributed by atoms with Crippen LogP contribution in [0.4, 0.5) is 0 Å². The van der Waals surface area contributed by atoms with Crippen molar-refractivity contribution in [2.45, 2.75) is 37.5 Å². The van der Waals surface area contributed by atoms with Crippen LogP contribution < -0.4 is 10.1 Å². The van der Waals surface area contributed by atoms with E-state index >= 15 is 0 Å². The van der Waals surface area contributed by atoms with Gasteiger partial charge in [-0.3, -0.25) is 4.98 Å². The smallest absolute Gasteiger partial charge is 0.138 e. The minimum atomic E-state index is 0.359. The van der Waals surface area contributed by atoms with Crippen molar-refractivity contribution in [2.24, 2.45) is 0 Å². The predicted molar refractivity (Wildman–Crippen MR) is 53.2 cm³/mol. The second-order valence-corrected chi connectivity index (χ2v) is 4.13. The molecule has 3 heteroatoms. The van der Waals surface area contributed by atoms with E-state index in [9.17, 15) is 0 Å². The number of pyridine rings is 1. The average Bonchev–Trinajstić information content (AvgIpc) is 2.81. The Morgan fingerprint density at radius 1 is 1.43 bits per heavy atom. The maximum Gasteiger partial charge on any atom is 0.138 e. The standard InChI is InChI=1S/C11H14N2O/c1-2-9(7-12-5-1)14-11-6-8-3-4-10(11)13-8/h1-2,5,7-8,10-11,13H,3-4,6H2/t8-,10+,11-/m0/s1. The number of rotatable bonds is 2. The number of aromatic nitrogens is 1. The van der Waals surface area contributed by atoms with Gasteiger partial charge in [0.15, 0.2) is 0 Å². The van der Waals surface area contributed by atoms with Gasteiger partial charge in [0.05, 0.1) is 6.20 Å². The molecule has 3 nitrogen and oxygen atoms in total. The summed E-state index contributed by atoms with van der Waals surface area (Å²) in [5.74, 6) is 0.895. The second kappa shape index (κ2) is 3.24. The van der Waals surface area contributed by atoms with Crippen LogP contribution in [0.5, 0.6) is 5.75 Å². The lowest BCUT2D eigenvalue weighted by molar-refractivity contribution is 0.170. The molecule has 0 spiro atoms. The van der Waals surface area contributed by atoms with Crippen LogP contribution in [-0.2, 0) is 0 Å². The highest BCUT2D eigenvalue weighted by Gasteiger charge is 2.40. The fraction of sp³-hybridized carbons (Fsp3) is 0.545. The van der Waals surface area contributed by atoms with Crippen LogP contribution in [0.25, 0.3) is 0 Å². The lowest BCUT2D eigenvalue weighted by Gasteiger charge is -2.21. The van der Waals surface area contributed by atoms with E-state index in [1.165, 1.54) is 12.8 Å². The molecule has 2 saturated heterocycles. The van der Waals surface area contributed by atoms with Gasteiger partial charge in [0.1, 0.15) is 11.9 Å². The lowest BCUT2D eigenvalue weighted by atomic mass is 9.98. The van der Waals surface area contributed by atoms with Crippen LogP contribution in [0.1, 0.15) is 19.3 Å². The van der Waals surface area contributed by atoms with E-state index in [4.69, 9.17) is 4.74 Å². The summed E-state index contributed by atoms with van der Waals surface area (Å²) in [6.45, 7) is 0. The quantitative estimate of drug-likeness (QED) is 0.764. The van der Waals surface area contributed by atoms with Gasteiger partial charge in [-0.05, 0) is 25.0 Å². The van der Waals surface area contributed by atoms with Crippen molar-refractivity contribution < 1.29 is 4.74 Å². The molecule has 3 atom stereocenters. The van der Waals surface area contributed by atoms with E-state index in [1.54, 1.807) is 12.4 Å². The Labute approximate surface area is 83.5 Å². The fourth-order valence-corrected chi connectivity index (χ4v) is 2.50. The van der Waals surface area contributed by atoms with Crippen LogP contribution in [0.2, 0.25) is 0 Å². The monoisotopic (exact) mass is 190 g/mol. The molecular formula is C11H14N2O. The van der Waals surface area contributed by atoms with Crippen LogP contribution in [0.3, 0.4) is 0 Å².